The van der Waals surface area contributed by atoms with Gasteiger partial charge in [0.15, 0.2) is 0 Å². The molecule has 4 atom stereocenters. The van der Waals surface area contributed by atoms with Crippen LogP contribution in [0.5, 0.6) is 0 Å². The molecule has 0 radical (unpaired) electrons. The number of carbonyl (C=O) groups is 1. The Morgan fingerprint density at radius 1 is 0.923 bits per heavy atom. The predicted molar refractivity (Wildman–Crippen MR) is 103 cm³/mol. The maximum atomic E-state index is 13.0. The smallest absolute Gasteiger partial charge is 0.312 e. The van der Waals surface area contributed by atoms with E-state index in [1.165, 1.54) is 38.5 Å². The zero-order valence-electron chi connectivity index (χ0n) is 17.7. The van der Waals surface area contributed by atoms with Crippen molar-refractivity contribution in [3.8, 4) is 0 Å². The molecule has 0 N–H and O–H groups in total. The Labute approximate surface area is 159 Å². The molecule has 0 spiro atoms. The summed E-state index contributed by atoms with van der Waals surface area (Å²) in [6.45, 7) is 13.4. The average molecular weight is 359 g/mol. The molecule has 0 amide bonds. The average Bonchev–Trinajstić information content (AvgIpc) is 2.58. The molecule has 8 bridgehead atoms. The van der Waals surface area contributed by atoms with Crippen LogP contribution in [0.4, 0.5) is 0 Å². The van der Waals surface area contributed by atoms with Crippen molar-refractivity contribution in [1.29, 1.82) is 0 Å². The quantitative estimate of drug-likeness (QED) is 0.590. The van der Waals surface area contributed by atoms with Gasteiger partial charge in [-0.1, -0.05) is 13.8 Å². The molecule has 0 aromatic heterocycles. The molecule has 7 fully saturated rings. The number of hydrogen-bond acceptors (Lipinski definition) is 2. The summed E-state index contributed by atoms with van der Waals surface area (Å²) in [6, 6.07) is 0. The molecule has 0 aromatic carbocycles. The second-order valence-corrected chi connectivity index (χ2v) is 12.2. The van der Waals surface area contributed by atoms with Gasteiger partial charge in [0.05, 0.1) is 5.41 Å². The summed E-state index contributed by atoms with van der Waals surface area (Å²) < 4.78 is 6.46. The highest BCUT2D eigenvalue weighted by molar-refractivity contribution is 5.76. The lowest BCUT2D eigenvalue weighted by molar-refractivity contribution is -0.335. The van der Waals surface area contributed by atoms with E-state index in [1.807, 2.05) is 13.8 Å². The lowest BCUT2D eigenvalue weighted by atomic mass is 9.25. The van der Waals surface area contributed by atoms with Gasteiger partial charge in [0.2, 0.25) is 0 Å². The Morgan fingerprint density at radius 3 is 1.96 bits per heavy atom. The van der Waals surface area contributed by atoms with Gasteiger partial charge < -0.3 is 4.74 Å². The van der Waals surface area contributed by atoms with Gasteiger partial charge in [-0.15, -0.1) is 0 Å². The topological polar surface area (TPSA) is 26.3 Å². The first-order valence-corrected chi connectivity index (χ1v) is 11.3. The van der Waals surface area contributed by atoms with E-state index < -0.39 is 0 Å². The highest BCUT2D eigenvalue weighted by Crippen LogP contribution is 2.81. The first-order valence-electron chi connectivity index (χ1n) is 11.3. The van der Waals surface area contributed by atoms with Crippen LogP contribution < -0.4 is 0 Å². The van der Waals surface area contributed by atoms with Crippen LogP contribution in [0, 0.1) is 51.8 Å². The van der Waals surface area contributed by atoms with Crippen LogP contribution in [0.3, 0.4) is 0 Å². The molecule has 4 unspecified atom stereocenters. The van der Waals surface area contributed by atoms with Crippen molar-refractivity contribution in [2.45, 2.75) is 92.1 Å². The minimum Gasteiger partial charge on any atom is -0.459 e. The zero-order valence-corrected chi connectivity index (χ0v) is 17.7. The molecular weight excluding hydrogens is 320 g/mol. The molecule has 7 aliphatic carbocycles. The molecule has 2 heteroatoms. The van der Waals surface area contributed by atoms with Crippen molar-refractivity contribution in [3.63, 3.8) is 0 Å². The Morgan fingerprint density at radius 2 is 1.42 bits per heavy atom. The maximum absolute atomic E-state index is 13.0. The van der Waals surface area contributed by atoms with E-state index in [2.05, 4.69) is 27.7 Å². The van der Waals surface area contributed by atoms with E-state index in [4.69, 9.17) is 4.74 Å². The molecule has 7 saturated carbocycles. The fourth-order valence-electron chi connectivity index (χ4n) is 9.22. The normalized spacial score (nSPS) is 51.2. The van der Waals surface area contributed by atoms with E-state index in [1.54, 1.807) is 0 Å². The second-order valence-electron chi connectivity index (χ2n) is 12.2. The number of ether oxygens (including phenoxy) is 1. The molecule has 0 saturated heterocycles. The van der Waals surface area contributed by atoms with Gasteiger partial charge in [0.1, 0.15) is 5.60 Å². The van der Waals surface area contributed by atoms with Gasteiger partial charge in [0, 0.05) is 5.41 Å². The molecular formula is C24H38O2. The third-order valence-corrected chi connectivity index (χ3v) is 10.6. The second kappa shape index (κ2) is 4.90. The standard InChI is InChI=1S/C24H38O2/c1-7-21(2,3)20(25)26-22(4,5)24-13-15-8-16-18(24)10-14-11-19(24)17(9-15)23(16,6)12-14/h14-19H,7-13H2,1-6H3. The van der Waals surface area contributed by atoms with Crippen LogP contribution >= 0.6 is 0 Å². The summed E-state index contributed by atoms with van der Waals surface area (Å²) in [5, 5.41) is 0. The van der Waals surface area contributed by atoms with E-state index in [9.17, 15) is 4.79 Å². The fourth-order valence-corrected chi connectivity index (χ4v) is 9.22. The molecule has 0 heterocycles. The maximum Gasteiger partial charge on any atom is 0.312 e. The summed E-state index contributed by atoms with van der Waals surface area (Å²) in [5.74, 6) is 5.24. The minimum atomic E-state index is -0.372. The van der Waals surface area contributed by atoms with Gasteiger partial charge in [-0.25, -0.2) is 0 Å². The summed E-state index contributed by atoms with van der Waals surface area (Å²) >= 11 is 0. The Kier molecular flexibility index (Phi) is 3.31. The van der Waals surface area contributed by atoms with Gasteiger partial charge in [-0.3, -0.25) is 4.79 Å². The number of hydrogen-bond donors (Lipinski definition) is 0. The van der Waals surface area contributed by atoms with Crippen LogP contribution in [-0.4, -0.2) is 11.6 Å². The Bertz CT molecular complexity index is 621. The molecule has 2 nitrogen and oxygen atoms in total. The van der Waals surface area contributed by atoms with Gasteiger partial charge >= 0.3 is 5.97 Å². The molecule has 26 heavy (non-hydrogen) atoms. The first-order chi connectivity index (χ1) is 12.0. The molecule has 7 rings (SSSR count). The van der Waals surface area contributed by atoms with Crippen molar-refractivity contribution in [2.24, 2.45) is 51.8 Å². The van der Waals surface area contributed by atoms with Crippen LogP contribution in [0.1, 0.15) is 86.5 Å². The summed E-state index contributed by atoms with van der Waals surface area (Å²) in [5.41, 5.74) is 0.146. The van der Waals surface area contributed by atoms with E-state index >= 15 is 0 Å². The summed E-state index contributed by atoms with van der Waals surface area (Å²) in [4.78, 5) is 13.0. The number of rotatable bonds is 4. The van der Waals surface area contributed by atoms with Crippen LogP contribution in [0.2, 0.25) is 0 Å². The summed E-state index contributed by atoms with van der Waals surface area (Å²) in [6.07, 6.45) is 9.40. The fraction of sp³-hybridized carbons (Fsp3) is 0.958. The molecule has 0 aliphatic heterocycles. The van der Waals surface area contributed by atoms with Crippen LogP contribution in [0.15, 0.2) is 0 Å². The van der Waals surface area contributed by atoms with Crippen LogP contribution in [-0.2, 0) is 9.53 Å². The molecule has 0 aromatic rings. The van der Waals surface area contributed by atoms with E-state index in [0.29, 0.717) is 5.41 Å². The lowest BCUT2D eigenvalue weighted by Crippen LogP contribution is -2.76. The SMILES string of the molecule is CCC(C)(C)C(=O)OC(C)(C)C12CC3CC4C1CC1CC2C(C3)C4(C)C1. The first kappa shape index (κ1) is 17.6. The number of carbonyl (C=O) groups excluding carboxylic acids is 1. The third-order valence-electron chi connectivity index (χ3n) is 10.6. The summed E-state index contributed by atoms with van der Waals surface area (Å²) in [7, 11) is 0. The third kappa shape index (κ3) is 1.83. The monoisotopic (exact) mass is 358 g/mol. The lowest BCUT2D eigenvalue weighted by Gasteiger charge is -2.80. The van der Waals surface area contributed by atoms with Crippen molar-refractivity contribution < 1.29 is 9.53 Å². The molecule has 7 aliphatic rings. The van der Waals surface area contributed by atoms with Crippen molar-refractivity contribution in [1.82, 2.24) is 0 Å². The van der Waals surface area contributed by atoms with Gasteiger partial charge in [-0.2, -0.15) is 0 Å². The zero-order chi connectivity index (χ0) is 18.7. The Balaban J connectivity index is 1.55. The van der Waals surface area contributed by atoms with Gasteiger partial charge in [-0.05, 0) is 114 Å². The van der Waals surface area contributed by atoms with Gasteiger partial charge in [0.25, 0.3) is 0 Å². The highest BCUT2D eigenvalue weighted by atomic mass is 16.6. The largest absolute Gasteiger partial charge is 0.459 e. The van der Waals surface area contributed by atoms with Crippen molar-refractivity contribution >= 4 is 5.97 Å². The van der Waals surface area contributed by atoms with E-state index in [0.717, 1.165) is 41.9 Å². The van der Waals surface area contributed by atoms with Crippen LogP contribution in [0.25, 0.3) is 0 Å². The van der Waals surface area contributed by atoms with Crippen molar-refractivity contribution in [3.05, 3.63) is 0 Å². The molecule has 146 valence electrons. The predicted octanol–water partition coefficient (Wildman–Crippen LogP) is 5.84. The number of esters is 1. The minimum absolute atomic E-state index is 0.0233. The highest BCUT2D eigenvalue weighted by Gasteiger charge is 2.77. The van der Waals surface area contributed by atoms with Crippen molar-refractivity contribution in [2.75, 3.05) is 0 Å². The Hall–Kier alpha value is -0.530. The van der Waals surface area contributed by atoms with E-state index in [-0.39, 0.29) is 22.4 Å².